The molecule has 80 valence electrons. The summed E-state index contributed by atoms with van der Waals surface area (Å²) in [6.07, 6.45) is 0. The molecule has 1 N–H and O–H groups in total. The first-order valence-corrected chi connectivity index (χ1v) is 4.76. The molecule has 4 heteroatoms. The van der Waals surface area contributed by atoms with Crippen LogP contribution in [0, 0.1) is 0 Å². The molecule has 15 heavy (non-hydrogen) atoms. The summed E-state index contributed by atoms with van der Waals surface area (Å²) in [5, 5.41) is 9.24. The monoisotopic (exact) mass is 208 g/mol. The van der Waals surface area contributed by atoms with E-state index in [4.69, 9.17) is 9.47 Å². The van der Waals surface area contributed by atoms with E-state index >= 15 is 0 Å². The van der Waals surface area contributed by atoms with E-state index in [0.29, 0.717) is 18.8 Å². The molecule has 2 rings (SSSR count). The third-order valence-corrected chi connectivity index (χ3v) is 2.47. The number of aliphatic carboxylic acids is 1. The molecule has 0 aromatic heterocycles. The average Bonchev–Trinajstić information content (AvgIpc) is 2.31. The van der Waals surface area contributed by atoms with Gasteiger partial charge in [0.25, 0.3) is 0 Å². The molecule has 0 bridgehead atoms. The number of ether oxygens (including phenoxy) is 2. The van der Waals surface area contributed by atoms with Crippen LogP contribution in [-0.2, 0) is 19.9 Å². The second-order valence-electron chi connectivity index (χ2n) is 3.40. The number of carboxylic acids is 1. The van der Waals surface area contributed by atoms with Gasteiger partial charge < -0.3 is 14.6 Å². The van der Waals surface area contributed by atoms with E-state index in [2.05, 4.69) is 0 Å². The Kier molecular flexibility index (Phi) is 2.70. The molecule has 0 radical (unpaired) electrons. The van der Waals surface area contributed by atoms with Crippen molar-refractivity contribution in [1.82, 2.24) is 0 Å². The second-order valence-corrected chi connectivity index (χ2v) is 3.40. The Morgan fingerprint density at radius 1 is 1.27 bits per heavy atom. The Balaban J connectivity index is 2.38. The average molecular weight is 208 g/mol. The highest BCUT2D eigenvalue weighted by Crippen LogP contribution is 2.28. The maximum Gasteiger partial charge on any atom is 0.343 e. The number of carboxylic acid groups (broad SMARTS) is 1. The molecule has 1 aliphatic rings. The fraction of sp³-hybridized carbons (Fsp3) is 0.364. The molecule has 1 aromatic carbocycles. The number of rotatable bonds is 2. The molecule has 4 nitrogen and oxygen atoms in total. The van der Waals surface area contributed by atoms with Gasteiger partial charge in [0.2, 0.25) is 5.60 Å². The lowest BCUT2D eigenvalue weighted by molar-refractivity contribution is -0.197. The maximum absolute atomic E-state index is 11.3. The standard InChI is InChI=1S/C11H12O4/c12-10(13)11(8-14-6-7-15-11)9-4-2-1-3-5-9/h1-5H,6-8H2,(H,12,13). The molecular formula is C11H12O4. The molecule has 1 fully saturated rings. The maximum atomic E-state index is 11.3. The van der Waals surface area contributed by atoms with Gasteiger partial charge in [-0.15, -0.1) is 0 Å². The van der Waals surface area contributed by atoms with Crippen LogP contribution in [0.4, 0.5) is 0 Å². The van der Waals surface area contributed by atoms with Gasteiger partial charge in [0.15, 0.2) is 0 Å². The molecule has 1 aromatic rings. The van der Waals surface area contributed by atoms with Crippen LogP contribution in [0.15, 0.2) is 30.3 Å². The molecule has 1 aliphatic heterocycles. The predicted octanol–water partition coefficient (Wildman–Crippen LogP) is 1.01. The fourth-order valence-electron chi connectivity index (χ4n) is 1.65. The van der Waals surface area contributed by atoms with Crippen molar-refractivity contribution in [1.29, 1.82) is 0 Å². The van der Waals surface area contributed by atoms with E-state index < -0.39 is 11.6 Å². The van der Waals surface area contributed by atoms with Crippen LogP contribution in [0.2, 0.25) is 0 Å². The first-order valence-electron chi connectivity index (χ1n) is 4.76. The molecule has 0 saturated carbocycles. The minimum absolute atomic E-state index is 0.0619. The van der Waals surface area contributed by atoms with E-state index in [-0.39, 0.29) is 6.61 Å². The lowest BCUT2D eigenvalue weighted by atomic mass is 9.94. The lowest BCUT2D eigenvalue weighted by Gasteiger charge is -2.33. The van der Waals surface area contributed by atoms with Gasteiger partial charge in [-0.3, -0.25) is 0 Å². The van der Waals surface area contributed by atoms with Crippen LogP contribution in [0.25, 0.3) is 0 Å². The van der Waals surface area contributed by atoms with Crippen molar-refractivity contribution < 1.29 is 19.4 Å². The Hall–Kier alpha value is -1.39. The van der Waals surface area contributed by atoms with Gasteiger partial charge in [-0.05, 0) is 5.56 Å². The third kappa shape index (κ3) is 1.73. The van der Waals surface area contributed by atoms with Gasteiger partial charge in [0.05, 0.1) is 19.8 Å². The molecule has 1 atom stereocenters. The predicted molar refractivity (Wildman–Crippen MR) is 52.5 cm³/mol. The fourth-order valence-corrected chi connectivity index (χ4v) is 1.65. The highest BCUT2D eigenvalue weighted by Gasteiger charge is 2.43. The van der Waals surface area contributed by atoms with E-state index in [0.717, 1.165) is 0 Å². The zero-order valence-corrected chi connectivity index (χ0v) is 8.18. The van der Waals surface area contributed by atoms with Gasteiger partial charge in [0, 0.05) is 0 Å². The van der Waals surface area contributed by atoms with E-state index in [9.17, 15) is 9.90 Å². The summed E-state index contributed by atoms with van der Waals surface area (Å²) in [7, 11) is 0. The molecule has 0 amide bonds. The van der Waals surface area contributed by atoms with Gasteiger partial charge in [-0.1, -0.05) is 30.3 Å². The van der Waals surface area contributed by atoms with Crippen molar-refractivity contribution in [3.8, 4) is 0 Å². The van der Waals surface area contributed by atoms with Crippen molar-refractivity contribution in [3.63, 3.8) is 0 Å². The zero-order chi connectivity index (χ0) is 10.7. The van der Waals surface area contributed by atoms with Crippen LogP contribution in [0.1, 0.15) is 5.56 Å². The minimum atomic E-state index is -1.33. The summed E-state index contributed by atoms with van der Waals surface area (Å²) in [6, 6.07) is 8.89. The highest BCUT2D eigenvalue weighted by molar-refractivity contribution is 5.79. The molecular weight excluding hydrogens is 196 g/mol. The Morgan fingerprint density at radius 3 is 2.53 bits per heavy atom. The van der Waals surface area contributed by atoms with E-state index in [1.54, 1.807) is 24.3 Å². The van der Waals surface area contributed by atoms with E-state index in [1.807, 2.05) is 6.07 Å². The van der Waals surface area contributed by atoms with Gasteiger partial charge in [0.1, 0.15) is 0 Å². The minimum Gasteiger partial charge on any atom is -0.479 e. The molecule has 1 saturated heterocycles. The highest BCUT2D eigenvalue weighted by atomic mass is 16.6. The molecule has 0 aliphatic carbocycles. The second kappa shape index (κ2) is 4.00. The van der Waals surface area contributed by atoms with Crippen molar-refractivity contribution in [2.45, 2.75) is 5.60 Å². The van der Waals surface area contributed by atoms with Crippen LogP contribution < -0.4 is 0 Å². The van der Waals surface area contributed by atoms with Crippen LogP contribution in [-0.4, -0.2) is 30.9 Å². The zero-order valence-electron chi connectivity index (χ0n) is 8.18. The SMILES string of the molecule is O=C(O)C1(c2ccccc2)COCCO1. The smallest absolute Gasteiger partial charge is 0.343 e. The topological polar surface area (TPSA) is 55.8 Å². The summed E-state index contributed by atoms with van der Waals surface area (Å²) >= 11 is 0. The Bertz CT molecular complexity index is 341. The van der Waals surface area contributed by atoms with E-state index in [1.165, 1.54) is 0 Å². The quantitative estimate of drug-likeness (QED) is 0.788. The Labute approximate surface area is 87.4 Å². The number of carbonyl (C=O) groups is 1. The lowest BCUT2D eigenvalue weighted by Crippen LogP contribution is -2.47. The summed E-state index contributed by atoms with van der Waals surface area (Å²) in [5.41, 5.74) is -0.711. The number of benzene rings is 1. The van der Waals surface area contributed by atoms with Crippen molar-refractivity contribution >= 4 is 5.97 Å². The van der Waals surface area contributed by atoms with Crippen LogP contribution in [0.5, 0.6) is 0 Å². The molecule has 1 unspecified atom stereocenters. The summed E-state index contributed by atoms with van der Waals surface area (Å²) in [4.78, 5) is 11.3. The van der Waals surface area contributed by atoms with Gasteiger partial charge in [-0.25, -0.2) is 4.79 Å². The van der Waals surface area contributed by atoms with Gasteiger partial charge >= 0.3 is 5.97 Å². The summed E-state index contributed by atoms with van der Waals surface area (Å²) < 4.78 is 10.6. The first-order chi connectivity index (χ1) is 7.26. The van der Waals surface area contributed by atoms with Crippen molar-refractivity contribution in [2.24, 2.45) is 0 Å². The number of hydrogen-bond donors (Lipinski definition) is 1. The normalized spacial score (nSPS) is 26.1. The van der Waals surface area contributed by atoms with Crippen molar-refractivity contribution in [3.05, 3.63) is 35.9 Å². The third-order valence-electron chi connectivity index (χ3n) is 2.47. The van der Waals surface area contributed by atoms with Crippen molar-refractivity contribution in [2.75, 3.05) is 19.8 Å². The Morgan fingerprint density at radius 2 is 2.00 bits per heavy atom. The van der Waals surface area contributed by atoms with Crippen LogP contribution >= 0.6 is 0 Å². The molecule has 0 spiro atoms. The van der Waals surface area contributed by atoms with Crippen LogP contribution in [0.3, 0.4) is 0 Å². The number of hydrogen-bond acceptors (Lipinski definition) is 3. The summed E-state index contributed by atoms with van der Waals surface area (Å²) in [6.45, 7) is 0.815. The largest absolute Gasteiger partial charge is 0.479 e. The van der Waals surface area contributed by atoms with Gasteiger partial charge in [-0.2, -0.15) is 0 Å². The summed E-state index contributed by atoms with van der Waals surface area (Å²) in [5.74, 6) is -1.01. The molecule has 1 heterocycles. The first kappa shape index (κ1) is 10.1.